The molecule has 0 aliphatic carbocycles. The second-order valence-corrected chi connectivity index (χ2v) is 7.05. The van der Waals surface area contributed by atoms with E-state index in [4.69, 9.17) is 16.3 Å². The number of amides is 1. The fourth-order valence-corrected chi connectivity index (χ4v) is 3.67. The summed E-state index contributed by atoms with van der Waals surface area (Å²) in [6.07, 6.45) is 4.31. The molecule has 136 valence electrons. The zero-order valence-electron chi connectivity index (χ0n) is 14.6. The van der Waals surface area contributed by atoms with E-state index in [1.165, 1.54) is 0 Å². The van der Waals surface area contributed by atoms with Gasteiger partial charge in [-0.25, -0.2) is 0 Å². The third kappa shape index (κ3) is 4.64. The minimum atomic E-state index is -0.0861. The van der Waals surface area contributed by atoms with Gasteiger partial charge in [0.05, 0.1) is 29.0 Å². The summed E-state index contributed by atoms with van der Waals surface area (Å²) < 4.78 is 5.84. The Morgan fingerprint density at radius 2 is 2.24 bits per heavy atom. The molecule has 2 heterocycles. The molecule has 3 rings (SSSR count). The van der Waals surface area contributed by atoms with Crippen LogP contribution in [0.1, 0.15) is 31.2 Å². The molecule has 1 aromatic carbocycles. The number of aliphatic imine (C=N–C) groups is 1. The van der Waals surface area contributed by atoms with Crippen molar-refractivity contribution < 1.29 is 9.53 Å². The lowest BCUT2D eigenvalue weighted by atomic mass is 9.96. The lowest BCUT2D eigenvalue weighted by Gasteiger charge is -2.22. The van der Waals surface area contributed by atoms with E-state index in [0.29, 0.717) is 41.8 Å². The first-order valence-corrected chi connectivity index (χ1v) is 9.11. The van der Waals surface area contributed by atoms with Crippen LogP contribution in [0.4, 0.5) is 5.69 Å². The summed E-state index contributed by atoms with van der Waals surface area (Å²) in [5, 5.41) is 9.97. The molecule has 0 spiro atoms. The third-order valence-corrected chi connectivity index (χ3v) is 5.01. The number of hydrogen-bond acceptors (Lipinski definition) is 3. The monoisotopic (exact) mass is 364 g/mol. The fourth-order valence-electron chi connectivity index (χ4n) is 3.39. The molecular weight excluding hydrogens is 340 g/mol. The van der Waals surface area contributed by atoms with Crippen molar-refractivity contribution in [3.63, 3.8) is 0 Å². The van der Waals surface area contributed by atoms with Gasteiger partial charge in [0.2, 0.25) is 5.91 Å². The van der Waals surface area contributed by atoms with Crippen molar-refractivity contribution in [1.82, 2.24) is 10.6 Å². The number of benzene rings is 1. The van der Waals surface area contributed by atoms with Crippen molar-refractivity contribution in [2.45, 2.75) is 50.9 Å². The molecule has 2 saturated heterocycles. The first-order valence-electron chi connectivity index (χ1n) is 8.74. The topological polar surface area (TPSA) is 74.8 Å². The summed E-state index contributed by atoms with van der Waals surface area (Å²) in [5.41, 5.74) is 1.70. The first kappa shape index (κ1) is 18.0. The number of fused-ring (bicyclic) bond motifs is 2. The number of anilines is 1. The third-order valence-electron chi connectivity index (χ3n) is 4.69. The molecule has 2 fully saturated rings. The van der Waals surface area contributed by atoms with Crippen LogP contribution in [-0.4, -0.2) is 43.7 Å². The predicted molar refractivity (Wildman–Crippen MR) is 100 cm³/mol. The van der Waals surface area contributed by atoms with Gasteiger partial charge >= 0.3 is 0 Å². The molecule has 25 heavy (non-hydrogen) atoms. The first-order chi connectivity index (χ1) is 12.0. The number of hydrogen-bond donors (Lipinski definition) is 3. The van der Waals surface area contributed by atoms with E-state index >= 15 is 0 Å². The Kier molecular flexibility index (Phi) is 5.81. The van der Waals surface area contributed by atoms with Crippen LogP contribution in [0.5, 0.6) is 0 Å². The number of rotatable bonds is 5. The van der Waals surface area contributed by atoms with E-state index in [-0.39, 0.29) is 12.0 Å². The standard InChI is InChI=1S/C18H25ClN4O2/c1-11-3-5-14(13(19)9-11)22-17(24)7-8-21-18(20-2)23-15-10-12-4-6-16(15)25-12/h3,5,9,12,15-16H,4,6-8,10H2,1-2H3,(H,22,24)(H2,20,21,23). The number of nitrogens with one attached hydrogen (secondary N) is 3. The lowest BCUT2D eigenvalue weighted by molar-refractivity contribution is -0.116. The number of halogens is 1. The molecule has 1 amide bonds. The molecule has 3 N–H and O–H groups in total. The van der Waals surface area contributed by atoms with Gasteiger partial charge in [-0.05, 0) is 43.9 Å². The van der Waals surface area contributed by atoms with Crippen molar-refractivity contribution in [3.05, 3.63) is 28.8 Å². The zero-order chi connectivity index (χ0) is 17.8. The number of carbonyl (C=O) groups excluding carboxylic acids is 1. The Bertz CT molecular complexity index is 664. The van der Waals surface area contributed by atoms with E-state index in [0.717, 1.165) is 24.8 Å². The van der Waals surface area contributed by atoms with Crippen LogP contribution in [0.25, 0.3) is 0 Å². The van der Waals surface area contributed by atoms with Gasteiger partial charge in [-0.1, -0.05) is 17.7 Å². The van der Waals surface area contributed by atoms with Crippen molar-refractivity contribution in [2.24, 2.45) is 4.99 Å². The lowest BCUT2D eigenvalue weighted by Crippen LogP contribution is -2.47. The minimum absolute atomic E-state index is 0.0861. The van der Waals surface area contributed by atoms with E-state index in [1.807, 2.05) is 25.1 Å². The van der Waals surface area contributed by atoms with Gasteiger partial charge < -0.3 is 20.7 Å². The van der Waals surface area contributed by atoms with Crippen LogP contribution in [0.15, 0.2) is 23.2 Å². The molecule has 7 heteroatoms. The maximum atomic E-state index is 12.1. The average molecular weight is 365 g/mol. The van der Waals surface area contributed by atoms with Gasteiger partial charge in [-0.15, -0.1) is 0 Å². The van der Waals surface area contributed by atoms with Gasteiger partial charge in [0.1, 0.15) is 0 Å². The summed E-state index contributed by atoms with van der Waals surface area (Å²) in [5.74, 6) is 0.624. The molecule has 6 nitrogen and oxygen atoms in total. The number of guanidine groups is 1. The van der Waals surface area contributed by atoms with Crippen molar-refractivity contribution >= 4 is 29.2 Å². The Hall–Kier alpha value is -1.79. The van der Waals surface area contributed by atoms with Crippen LogP contribution < -0.4 is 16.0 Å². The van der Waals surface area contributed by atoms with Crippen LogP contribution in [-0.2, 0) is 9.53 Å². The molecule has 1 aromatic rings. The quantitative estimate of drug-likeness (QED) is 0.554. The molecule has 2 aliphatic rings. The molecule has 3 atom stereocenters. The van der Waals surface area contributed by atoms with E-state index in [9.17, 15) is 4.79 Å². The van der Waals surface area contributed by atoms with Gasteiger partial charge in [0.15, 0.2) is 5.96 Å². The molecule has 2 aliphatic heterocycles. The predicted octanol–water partition coefficient (Wildman–Crippen LogP) is 2.46. The second-order valence-electron chi connectivity index (χ2n) is 6.64. The fraction of sp³-hybridized carbons (Fsp3) is 0.556. The highest BCUT2D eigenvalue weighted by Gasteiger charge is 2.41. The molecule has 0 radical (unpaired) electrons. The van der Waals surface area contributed by atoms with Crippen LogP contribution >= 0.6 is 11.6 Å². The number of carbonyl (C=O) groups is 1. The Morgan fingerprint density at radius 3 is 2.88 bits per heavy atom. The van der Waals surface area contributed by atoms with Gasteiger partial charge in [-0.3, -0.25) is 9.79 Å². The number of aryl methyl sites for hydroxylation is 1. The highest BCUT2D eigenvalue weighted by molar-refractivity contribution is 6.33. The number of ether oxygens (including phenoxy) is 1. The van der Waals surface area contributed by atoms with Crippen LogP contribution in [0.3, 0.4) is 0 Å². The molecule has 0 saturated carbocycles. The highest BCUT2D eigenvalue weighted by atomic mass is 35.5. The van der Waals surface area contributed by atoms with Gasteiger partial charge in [0.25, 0.3) is 0 Å². The maximum absolute atomic E-state index is 12.1. The molecular formula is C18H25ClN4O2. The zero-order valence-corrected chi connectivity index (χ0v) is 15.4. The van der Waals surface area contributed by atoms with Gasteiger partial charge in [0, 0.05) is 20.0 Å². The molecule has 3 unspecified atom stereocenters. The Balaban J connectivity index is 1.41. The maximum Gasteiger partial charge on any atom is 0.226 e. The Labute approximate surface area is 153 Å². The SMILES string of the molecule is CN=C(NCCC(=O)Nc1ccc(C)cc1Cl)NC1CC2CCC1O2. The summed E-state index contributed by atoms with van der Waals surface area (Å²) >= 11 is 6.14. The summed E-state index contributed by atoms with van der Waals surface area (Å²) in [7, 11) is 1.73. The van der Waals surface area contributed by atoms with E-state index in [2.05, 4.69) is 20.9 Å². The smallest absolute Gasteiger partial charge is 0.226 e. The Morgan fingerprint density at radius 1 is 1.40 bits per heavy atom. The average Bonchev–Trinajstić information content (AvgIpc) is 3.19. The van der Waals surface area contributed by atoms with E-state index < -0.39 is 0 Å². The summed E-state index contributed by atoms with van der Waals surface area (Å²) in [6, 6.07) is 5.88. The highest BCUT2D eigenvalue weighted by Crippen LogP contribution is 2.34. The molecule has 2 bridgehead atoms. The van der Waals surface area contributed by atoms with Crippen LogP contribution in [0.2, 0.25) is 5.02 Å². The number of nitrogens with zero attached hydrogens (tertiary/aromatic N) is 1. The molecule has 0 aromatic heterocycles. The van der Waals surface area contributed by atoms with Crippen molar-refractivity contribution in [1.29, 1.82) is 0 Å². The summed E-state index contributed by atoms with van der Waals surface area (Å²) in [4.78, 5) is 16.3. The van der Waals surface area contributed by atoms with Crippen molar-refractivity contribution in [2.75, 3.05) is 18.9 Å². The van der Waals surface area contributed by atoms with Crippen LogP contribution in [0, 0.1) is 6.92 Å². The second kappa shape index (κ2) is 8.06. The van der Waals surface area contributed by atoms with Gasteiger partial charge in [-0.2, -0.15) is 0 Å². The summed E-state index contributed by atoms with van der Waals surface area (Å²) in [6.45, 7) is 2.46. The normalized spacial score (nSPS) is 25.1. The van der Waals surface area contributed by atoms with Crippen molar-refractivity contribution in [3.8, 4) is 0 Å². The largest absolute Gasteiger partial charge is 0.373 e. The van der Waals surface area contributed by atoms with E-state index in [1.54, 1.807) is 7.05 Å². The minimum Gasteiger partial charge on any atom is -0.373 e.